The van der Waals surface area contributed by atoms with E-state index in [1.54, 1.807) is 35.5 Å². The molecule has 0 bridgehead atoms. The molecule has 0 aliphatic carbocycles. The number of hydrogen-bond donors (Lipinski definition) is 4. The van der Waals surface area contributed by atoms with Gasteiger partial charge in [0.1, 0.15) is 18.3 Å². The van der Waals surface area contributed by atoms with Crippen molar-refractivity contribution in [3.05, 3.63) is 98.6 Å². The van der Waals surface area contributed by atoms with Gasteiger partial charge in [0.15, 0.2) is 23.0 Å². The second-order valence-electron chi connectivity index (χ2n) is 18.1. The minimum absolute atomic E-state index is 0.0744. The molecule has 2 heterocycles. The molecule has 0 saturated heterocycles. The van der Waals surface area contributed by atoms with E-state index in [1.165, 1.54) is 11.1 Å². The fourth-order valence-electron chi connectivity index (χ4n) is 10.1. The molecule has 3 unspecified atom stereocenters. The Labute approximate surface area is 394 Å². The number of methoxy groups -OCH3 is 5. The van der Waals surface area contributed by atoms with Gasteiger partial charge in [0.05, 0.1) is 134 Å². The van der Waals surface area contributed by atoms with Crippen molar-refractivity contribution >= 4 is 11.9 Å². The van der Waals surface area contributed by atoms with Gasteiger partial charge in [-0.15, -0.1) is 0 Å². The Morgan fingerprint density at radius 1 is 0.627 bits per heavy atom. The van der Waals surface area contributed by atoms with E-state index in [0.29, 0.717) is 87.7 Å². The summed E-state index contributed by atoms with van der Waals surface area (Å²) in [4.78, 5) is 25.7. The molecule has 0 amide bonds. The van der Waals surface area contributed by atoms with Crippen LogP contribution >= 0.6 is 0 Å². The van der Waals surface area contributed by atoms with Crippen LogP contribution < -0.4 is 23.7 Å². The van der Waals surface area contributed by atoms with Crippen LogP contribution in [0.3, 0.4) is 0 Å². The highest BCUT2D eigenvalue weighted by molar-refractivity contribution is 5.80. The molecule has 0 spiro atoms. The maximum atomic E-state index is 12.9. The lowest BCUT2D eigenvalue weighted by atomic mass is 9.82. The summed E-state index contributed by atoms with van der Waals surface area (Å²) in [6, 6.07) is 15.4. The number of ether oxygens (including phenoxy) is 7. The molecule has 364 valence electrons. The van der Waals surface area contributed by atoms with Gasteiger partial charge in [0, 0.05) is 48.8 Å². The summed E-state index contributed by atoms with van der Waals surface area (Å²) in [6.07, 6.45) is 3.17. The van der Waals surface area contributed by atoms with Crippen LogP contribution in [-0.4, -0.2) is 130 Å². The van der Waals surface area contributed by atoms with Crippen LogP contribution in [0, 0.1) is 0 Å². The number of fused-ring (bicyclic) bond motifs is 2. The second kappa shape index (κ2) is 23.1. The predicted molar refractivity (Wildman–Crippen MR) is 251 cm³/mol. The first-order valence-electron chi connectivity index (χ1n) is 23.1. The van der Waals surface area contributed by atoms with Crippen molar-refractivity contribution in [3.8, 4) is 39.9 Å². The van der Waals surface area contributed by atoms with E-state index in [9.17, 15) is 30.0 Å². The maximum Gasteiger partial charge on any atom is 0.306 e. The van der Waals surface area contributed by atoms with Gasteiger partial charge in [-0.25, -0.2) is 0 Å². The molecule has 0 fully saturated rings. The third kappa shape index (κ3) is 11.5. The van der Waals surface area contributed by atoms with Gasteiger partial charge in [0.2, 0.25) is 0 Å². The van der Waals surface area contributed by atoms with Gasteiger partial charge in [-0.3, -0.25) is 9.59 Å². The molecule has 4 aromatic rings. The second-order valence-corrected chi connectivity index (χ2v) is 18.1. The predicted octanol–water partition coefficient (Wildman–Crippen LogP) is 5.50. The Hall–Kier alpha value is -5.42. The first kappa shape index (κ1) is 51.0. The fraction of sp³-hybridized carbons (Fsp3) is 0.500. The summed E-state index contributed by atoms with van der Waals surface area (Å²) in [6.45, 7) is 3.34. The Morgan fingerprint density at radius 2 is 1.27 bits per heavy atom. The molecule has 4 aromatic carbocycles. The van der Waals surface area contributed by atoms with Gasteiger partial charge in [-0.1, -0.05) is 30.3 Å². The van der Waals surface area contributed by atoms with Crippen LogP contribution in [0.2, 0.25) is 0 Å². The summed E-state index contributed by atoms with van der Waals surface area (Å²) in [5.41, 5.74) is 9.72. The average molecular weight is 931 g/mol. The minimum atomic E-state index is -0.464. The average Bonchev–Trinajstić information content (AvgIpc) is 3.35. The van der Waals surface area contributed by atoms with E-state index in [0.717, 1.165) is 64.9 Å². The summed E-state index contributed by atoms with van der Waals surface area (Å²) in [5.74, 6) is 2.22. The number of esters is 2. The highest BCUT2D eigenvalue weighted by Gasteiger charge is 2.42. The van der Waals surface area contributed by atoms with Crippen LogP contribution in [0.25, 0.3) is 11.1 Å². The number of rotatable bonds is 23. The topological polar surface area (TPSA) is 180 Å². The Kier molecular flexibility index (Phi) is 17.5. The zero-order valence-electron chi connectivity index (χ0n) is 40.3. The Balaban J connectivity index is 1.02. The summed E-state index contributed by atoms with van der Waals surface area (Å²) < 4.78 is 41.4. The number of carbonyl (C=O) groups is 2. The van der Waals surface area contributed by atoms with Crippen molar-refractivity contribution in [3.63, 3.8) is 0 Å². The van der Waals surface area contributed by atoms with Gasteiger partial charge >= 0.3 is 11.9 Å². The van der Waals surface area contributed by atoms with Crippen molar-refractivity contribution in [2.75, 3.05) is 89.0 Å². The molecule has 67 heavy (non-hydrogen) atoms. The molecule has 0 aromatic heterocycles. The van der Waals surface area contributed by atoms with Crippen molar-refractivity contribution in [1.29, 1.82) is 0 Å². The van der Waals surface area contributed by atoms with Gasteiger partial charge < -0.3 is 62.6 Å². The molecular weight excluding hydrogens is 861 g/mol. The summed E-state index contributed by atoms with van der Waals surface area (Å²) >= 11 is 0. The van der Waals surface area contributed by atoms with Gasteiger partial charge in [0.25, 0.3) is 0 Å². The Morgan fingerprint density at radius 3 is 1.88 bits per heavy atom. The van der Waals surface area contributed by atoms with Crippen molar-refractivity contribution in [2.24, 2.45) is 0 Å². The molecule has 2 aliphatic heterocycles. The molecule has 0 saturated carbocycles. The van der Waals surface area contributed by atoms with Crippen LogP contribution in [-0.2, 0) is 71.3 Å². The molecule has 4 N–H and O–H groups in total. The smallest absolute Gasteiger partial charge is 0.306 e. The zero-order chi connectivity index (χ0) is 48.3. The fourth-order valence-corrected chi connectivity index (χ4v) is 10.1. The number of likely N-dealkylation sites (N-methyl/N-ethyl adjacent to an activating group) is 2. The standard InChI is InChI=1S/C52H70N2O13/c1-53(20-16-35-27-46(63-5)52(65-7)49(41(35)29-53)36-12-13-44(61-3)45(28-36)62-4)18-8-22-66-47(59)14-15-48(60)67-23-9-19-54(2)21-17-37-26-40(32-57)42(33-58)51(64-6)50(37)43(54)25-34-10-11-38(30-55)39(24-34)31-56/h10-13,24,26-28,43,55-58H,8-9,14-23,25,29-33H2,1-7H3/q+2. The monoisotopic (exact) mass is 930 g/mol. The van der Waals surface area contributed by atoms with E-state index in [1.807, 2.05) is 42.5 Å². The van der Waals surface area contributed by atoms with Crippen LogP contribution in [0.4, 0.5) is 0 Å². The number of aliphatic hydroxyl groups is 4. The highest BCUT2D eigenvalue weighted by atomic mass is 16.5. The minimum Gasteiger partial charge on any atom is -0.496 e. The van der Waals surface area contributed by atoms with E-state index in [2.05, 4.69) is 20.2 Å². The van der Waals surface area contributed by atoms with Crippen molar-refractivity contribution in [2.45, 2.75) is 84.0 Å². The summed E-state index contributed by atoms with van der Waals surface area (Å²) in [7, 11) is 12.5. The third-order valence-corrected chi connectivity index (χ3v) is 13.9. The molecule has 15 nitrogen and oxygen atoms in total. The zero-order valence-corrected chi connectivity index (χ0v) is 40.3. The molecule has 2 aliphatic rings. The summed E-state index contributed by atoms with van der Waals surface area (Å²) in [5, 5.41) is 40.4. The maximum absolute atomic E-state index is 12.9. The molecule has 6 rings (SSSR count). The van der Waals surface area contributed by atoms with Crippen LogP contribution in [0.5, 0.6) is 28.7 Å². The number of carbonyl (C=O) groups excluding carboxylic acids is 2. The van der Waals surface area contributed by atoms with Crippen molar-refractivity contribution < 1.29 is 72.1 Å². The number of hydrogen-bond acceptors (Lipinski definition) is 13. The molecule has 15 heteroatoms. The highest BCUT2D eigenvalue weighted by Crippen LogP contribution is 2.48. The lowest BCUT2D eigenvalue weighted by Gasteiger charge is -2.46. The van der Waals surface area contributed by atoms with E-state index in [-0.39, 0.29) is 58.5 Å². The lowest BCUT2D eigenvalue weighted by Crippen LogP contribution is -2.53. The molecular formula is C52H70N2O13+2. The van der Waals surface area contributed by atoms with E-state index < -0.39 is 11.9 Å². The number of benzene rings is 4. The van der Waals surface area contributed by atoms with Crippen LogP contribution in [0.1, 0.15) is 81.8 Å². The first-order chi connectivity index (χ1) is 32.3. The quantitative estimate of drug-likeness (QED) is 0.0417. The van der Waals surface area contributed by atoms with E-state index >= 15 is 0 Å². The van der Waals surface area contributed by atoms with Gasteiger partial charge in [-0.05, 0) is 57.1 Å². The lowest BCUT2D eigenvalue weighted by molar-refractivity contribution is -0.941. The molecule has 0 radical (unpaired) electrons. The normalized spacial score (nSPS) is 18.6. The number of aliphatic hydroxyl groups excluding tert-OH is 4. The van der Waals surface area contributed by atoms with Crippen LogP contribution in [0.15, 0.2) is 48.5 Å². The number of nitrogens with zero attached hydrogens (tertiary/aromatic N) is 2. The first-order valence-corrected chi connectivity index (χ1v) is 23.1. The van der Waals surface area contributed by atoms with Gasteiger partial charge in [-0.2, -0.15) is 0 Å². The third-order valence-electron chi connectivity index (χ3n) is 13.9. The molecule has 3 atom stereocenters. The Bertz CT molecular complexity index is 2370. The number of quaternary nitrogens is 2. The SMILES string of the molecule is COc1ccc(-c2c3c(cc(OC)c2OC)CC[N+](C)(CCCOC(=O)CCC(=O)OCCC[N+]2(C)CCc4cc(CO)c(CO)c(OC)c4C2Cc2ccc(CO)c(CO)c2)C3)cc1OC. The van der Waals surface area contributed by atoms with Crippen molar-refractivity contribution in [1.82, 2.24) is 0 Å². The largest absolute Gasteiger partial charge is 0.496 e. The van der Waals surface area contributed by atoms with E-state index in [4.69, 9.17) is 33.2 Å².